The van der Waals surface area contributed by atoms with Gasteiger partial charge in [0.15, 0.2) is 0 Å². The molecule has 2 atom stereocenters. The fourth-order valence-corrected chi connectivity index (χ4v) is 3.85. The number of piperazine rings is 1. The van der Waals surface area contributed by atoms with Crippen molar-refractivity contribution in [2.45, 2.75) is 25.4 Å². The lowest BCUT2D eigenvalue weighted by atomic mass is 10.0. The Hall–Kier alpha value is -2.51. The average Bonchev–Trinajstić information content (AvgIpc) is 3.18. The number of nitrogens with one attached hydrogen (secondary N) is 2. The first-order valence-electron chi connectivity index (χ1n) is 9.34. The van der Waals surface area contributed by atoms with Crippen molar-refractivity contribution < 1.29 is 9.18 Å². The molecule has 0 saturated carbocycles. The Balaban J connectivity index is 1.35. The fraction of sp³-hybridized carbons (Fsp3) is 0.400. The van der Waals surface area contributed by atoms with Crippen LogP contribution < -0.4 is 15.8 Å². The number of carbonyl (C=O) groups is 1. The van der Waals surface area contributed by atoms with Crippen LogP contribution in [-0.2, 0) is 4.79 Å². The van der Waals surface area contributed by atoms with Crippen molar-refractivity contribution in [1.29, 1.82) is 0 Å². The van der Waals surface area contributed by atoms with Crippen LogP contribution in [0.4, 0.5) is 10.2 Å². The second-order valence-corrected chi connectivity index (χ2v) is 7.11. The summed E-state index contributed by atoms with van der Waals surface area (Å²) in [6, 6.07) is 10.1. The number of aryl methyl sites for hydroxylation is 1. The first kappa shape index (κ1) is 17.9. The lowest BCUT2D eigenvalue weighted by Gasteiger charge is -2.37. The number of amides is 1. The van der Waals surface area contributed by atoms with Gasteiger partial charge in [-0.3, -0.25) is 4.79 Å². The Labute approximate surface area is 158 Å². The molecule has 2 aliphatic rings. The molecule has 0 bridgehead atoms. The molecule has 7 heteroatoms. The van der Waals surface area contributed by atoms with E-state index in [1.807, 2.05) is 17.0 Å². The second-order valence-electron chi connectivity index (χ2n) is 7.11. The normalized spacial score (nSPS) is 22.9. The van der Waals surface area contributed by atoms with Crippen LogP contribution in [0, 0.1) is 12.7 Å². The maximum absolute atomic E-state index is 14.0. The smallest absolute Gasteiger partial charge is 0.241 e. The van der Waals surface area contributed by atoms with E-state index in [1.165, 1.54) is 6.07 Å². The second kappa shape index (κ2) is 7.62. The summed E-state index contributed by atoms with van der Waals surface area (Å²) in [4.78, 5) is 21.4. The monoisotopic (exact) mass is 369 g/mol. The molecule has 1 aromatic heterocycles. The standard InChI is InChI=1S/C20H24FN5O/c1-14-5-4-8-22-19(14)25-9-11-26(12-10-25)20(27)18-13-17(23-24-18)15-6-2-3-7-16(15)21/h2-8,17-18,23-24H,9-13H2,1H3. The fourth-order valence-electron chi connectivity index (χ4n) is 3.85. The van der Waals surface area contributed by atoms with Crippen LogP contribution >= 0.6 is 0 Å². The Bertz CT molecular complexity index is 822. The number of nitrogens with zero attached hydrogens (tertiary/aromatic N) is 3. The number of hydrogen-bond acceptors (Lipinski definition) is 5. The Kier molecular flexibility index (Phi) is 5.05. The van der Waals surface area contributed by atoms with Crippen molar-refractivity contribution >= 4 is 11.7 Å². The highest BCUT2D eigenvalue weighted by Crippen LogP contribution is 2.26. The number of rotatable bonds is 3. The number of hydrazine groups is 1. The number of benzene rings is 1. The van der Waals surface area contributed by atoms with Crippen molar-refractivity contribution in [3.8, 4) is 0 Å². The third-order valence-corrected chi connectivity index (χ3v) is 5.35. The van der Waals surface area contributed by atoms with E-state index in [9.17, 15) is 9.18 Å². The zero-order valence-electron chi connectivity index (χ0n) is 15.4. The summed E-state index contributed by atoms with van der Waals surface area (Å²) >= 11 is 0. The molecule has 0 spiro atoms. The lowest BCUT2D eigenvalue weighted by Crippen LogP contribution is -2.54. The van der Waals surface area contributed by atoms with E-state index in [1.54, 1.807) is 18.3 Å². The highest BCUT2D eigenvalue weighted by atomic mass is 19.1. The van der Waals surface area contributed by atoms with E-state index < -0.39 is 0 Å². The van der Waals surface area contributed by atoms with Gasteiger partial charge in [-0.05, 0) is 31.0 Å². The van der Waals surface area contributed by atoms with Gasteiger partial charge >= 0.3 is 0 Å². The molecule has 2 saturated heterocycles. The highest BCUT2D eigenvalue weighted by molar-refractivity contribution is 5.82. The van der Waals surface area contributed by atoms with Crippen molar-refractivity contribution in [1.82, 2.24) is 20.7 Å². The predicted octanol–water partition coefficient (Wildman–Crippen LogP) is 1.79. The number of hydrogen-bond donors (Lipinski definition) is 2. The molecule has 2 N–H and O–H groups in total. The van der Waals surface area contributed by atoms with Gasteiger partial charge in [0.05, 0.1) is 6.04 Å². The van der Waals surface area contributed by atoms with Gasteiger partial charge in [0.1, 0.15) is 17.7 Å². The molecule has 2 unspecified atom stereocenters. The number of anilines is 1. The third-order valence-electron chi connectivity index (χ3n) is 5.35. The van der Waals surface area contributed by atoms with Crippen molar-refractivity contribution in [2.24, 2.45) is 0 Å². The van der Waals surface area contributed by atoms with Crippen molar-refractivity contribution in [2.75, 3.05) is 31.1 Å². The molecular formula is C20H24FN5O. The van der Waals surface area contributed by atoms with E-state index in [2.05, 4.69) is 33.7 Å². The van der Waals surface area contributed by atoms with E-state index in [0.717, 1.165) is 24.5 Å². The molecule has 2 fully saturated rings. The molecule has 0 radical (unpaired) electrons. The van der Waals surface area contributed by atoms with Gasteiger partial charge < -0.3 is 9.80 Å². The minimum Gasteiger partial charge on any atom is -0.353 e. The minimum absolute atomic E-state index is 0.0683. The summed E-state index contributed by atoms with van der Waals surface area (Å²) < 4.78 is 14.0. The largest absolute Gasteiger partial charge is 0.353 e. The molecule has 3 heterocycles. The third kappa shape index (κ3) is 3.65. The van der Waals surface area contributed by atoms with Crippen LogP contribution in [0.15, 0.2) is 42.6 Å². The summed E-state index contributed by atoms with van der Waals surface area (Å²) in [6.45, 7) is 4.91. The Morgan fingerprint density at radius 2 is 1.89 bits per heavy atom. The van der Waals surface area contributed by atoms with Gasteiger partial charge in [0.25, 0.3) is 0 Å². The molecular weight excluding hydrogens is 345 g/mol. The molecule has 4 rings (SSSR count). The molecule has 1 amide bonds. The average molecular weight is 369 g/mol. The zero-order valence-corrected chi connectivity index (χ0v) is 15.4. The van der Waals surface area contributed by atoms with Crippen LogP contribution in [0.1, 0.15) is 23.6 Å². The summed E-state index contributed by atoms with van der Waals surface area (Å²) in [5.74, 6) is 0.813. The van der Waals surface area contributed by atoms with Crippen LogP contribution in [0.3, 0.4) is 0 Å². The molecule has 1 aromatic carbocycles. The quantitative estimate of drug-likeness (QED) is 0.864. The first-order chi connectivity index (χ1) is 13.1. The summed E-state index contributed by atoms with van der Waals surface area (Å²) in [7, 11) is 0. The van der Waals surface area contributed by atoms with Gasteiger partial charge in [-0.1, -0.05) is 24.3 Å². The molecule has 27 heavy (non-hydrogen) atoms. The van der Waals surface area contributed by atoms with Gasteiger partial charge in [-0.15, -0.1) is 0 Å². The lowest BCUT2D eigenvalue weighted by molar-refractivity contribution is -0.133. The maximum atomic E-state index is 14.0. The summed E-state index contributed by atoms with van der Waals surface area (Å²) in [5.41, 5.74) is 7.85. The molecule has 142 valence electrons. The van der Waals surface area contributed by atoms with Crippen LogP contribution in [0.2, 0.25) is 0 Å². The summed E-state index contributed by atoms with van der Waals surface area (Å²) in [5, 5.41) is 0. The van der Waals surface area contributed by atoms with Crippen LogP contribution in [0.25, 0.3) is 0 Å². The number of halogens is 1. The maximum Gasteiger partial charge on any atom is 0.241 e. The van der Waals surface area contributed by atoms with Crippen molar-refractivity contribution in [3.63, 3.8) is 0 Å². The topological polar surface area (TPSA) is 60.5 Å². The van der Waals surface area contributed by atoms with E-state index >= 15 is 0 Å². The van der Waals surface area contributed by atoms with Gasteiger partial charge in [0.2, 0.25) is 5.91 Å². The van der Waals surface area contributed by atoms with Gasteiger partial charge in [-0.25, -0.2) is 20.2 Å². The van der Waals surface area contributed by atoms with E-state index in [0.29, 0.717) is 25.1 Å². The van der Waals surface area contributed by atoms with Gasteiger partial charge in [-0.2, -0.15) is 0 Å². The SMILES string of the molecule is Cc1cccnc1N1CCN(C(=O)C2CC(c3ccccc3F)NN2)CC1. The minimum atomic E-state index is -0.335. The highest BCUT2D eigenvalue weighted by Gasteiger charge is 2.35. The van der Waals surface area contributed by atoms with E-state index in [-0.39, 0.29) is 23.8 Å². The number of aromatic nitrogens is 1. The van der Waals surface area contributed by atoms with Crippen LogP contribution in [-0.4, -0.2) is 48.0 Å². The first-order valence-corrected chi connectivity index (χ1v) is 9.34. The predicted molar refractivity (Wildman–Crippen MR) is 102 cm³/mol. The van der Waals surface area contributed by atoms with Crippen molar-refractivity contribution in [3.05, 3.63) is 59.5 Å². The van der Waals surface area contributed by atoms with Crippen LogP contribution in [0.5, 0.6) is 0 Å². The molecule has 2 aromatic rings. The number of pyridine rings is 1. The Morgan fingerprint density at radius 1 is 1.11 bits per heavy atom. The van der Waals surface area contributed by atoms with Gasteiger partial charge in [0, 0.05) is 37.9 Å². The molecule has 6 nitrogen and oxygen atoms in total. The Morgan fingerprint density at radius 3 is 2.63 bits per heavy atom. The zero-order chi connectivity index (χ0) is 18.8. The summed E-state index contributed by atoms with van der Waals surface area (Å²) in [6.07, 6.45) is 2.34. The molecule has 2 aliphatic heterocycles. The molecule has 0 aliphatic carbocycles. The number of carbonyl (C=O) groups excluding carboxylic acids is 1. The van der Waals surface area contributed by atoms with E-state index in [4.69, 9.17) is 0 Å².